The third-order valence-electron chi connectivity index (χ3n) is 2.51. The van der Waals surface area contributed by atoms with Gasteiger partial charge in [0, 0.05) is 0 Å². The van der Waals surface area contributed by atoms with E-state index >= 15 is 0 Å². The molecule has 0 aliphatic rings. The first-order chi connectivity index (χ1) is 10.9. The molecule has 24 heavy (non-hydrogen) atoms. The van der Waals surface area contributed by atoms with Gasteiger partial charge in [0.05, 0.1) is 5.97 Å². The molecule has 0 saturated carbocycles. The number of carboxylic acid groups (broad SMARTS) is 1. The van der Waals surface area contributed by atoms with Gasteiger partial charge < -0.3 is 24.1 Å². The zero-order valence-electron chi connectivity index (χ0n) is 13.2. The van der Waals surface area contributed by atoms with Crippen LogP contribution in [0.3, 0.4) is 0 Å². The first-order valence-electron chi connectivity index (χ1n) is 6.80. The molecule has 1 atom stereocenters. The number of alkyl halides is 3. The molecule has 0 aromatic heterocycles. The average molecular weight is 349 g/mol. The molecule has 0 aliphatic carbocycles. The predicted octanol–water partition coefficient (Wildman–Crippen LogP) is 2.31. The van der Waals surface area contributed by atoms with E-state index in [1.165, 1.54) is 24.3 Å². The molecular weight excluding hydrogens is 333 g/mol. The van der Waals surface area contributed by atoms with Gasteiger partial charge in [-0.1, -0.05) is 0 Å². The maximum Gasteiger partial charge on any atom is 0.514 e. The molecule has 134 valence electrons. The standard InChI is InChI=1S/C15H17F3O6/c1-14(2,3)24-13(21)23-10-6-4-9(5-7-10)22-8-11(12(19)20)15(16,17)18/h4-7,11H,8H2,1-3H3,(H,19,20)/p-1. The van der Waals surface area contributed by atoms with Crippen LogP contribution in [-0.4, -0.2) is 30.5 Å². The van der Waals surface area contributed by atoms with Crippen LogP contribution in [0, 0.1) is 5.92 Å². The number of benzene rings is 1. The van der Waals surface area contributed by atoms with Crippen molar-refractivity contribution in [2.45, 2.75) is 32.5 Å². The van der Waals surface area contributed by atoms with Crippen LogP contribution in [-0.2, 0) is 9.53 Å². The van der Waals surface area contributed by atoms with Crippen molar-refractivity contribution in [1.29, 1.82) is 0 Å². The van der Waals surface area contributed by atoms with Crippen molar-refractivity contribution < 1.29 is 42.1 Å². The summed E-state index contributed by atoms with van der Waals surface area (Å²) < 4.78 is 51.9. The number of carboxylic acids is 1. The van der Waals surface area contributed by atoms with Gasteiger partial charge in [0.15, 0.2) is 0 Å². The monoisotopic (exact) mass is 349 g/mol. The molecule has 0 fully saturated rings. The molecule has 1 unspecified atom stereocenters. The van der Waals surface area contributed by atoms with E-state index in [0.29, 0.717) is 0 Å². The lowest BCUT2D eigenvalue weighted by Gasteiger charge is -2.21. The van der Waals surface area contributed by atoms with Gasteiger partial charge in [-0.15, -0.1) is 0 Å². The summed E-state index contributed by atoms with van der Waals surface area (Å²) in [6.07, 6.45) is -5.91. The van der Waals surface area contributed by atoms with Crippen LogP contribution >= 0.6 is 0 Å². The van der Waals surface area contributed by atoms with Crippen molar-refractivity contribution in [3.8, 4) is 11.5 Å². The molecule has 0 amide bonds. The van der Waals surface area contributed by atoms with Crippen molar-refractivity contribution in [3.05, 3.63) is 24.3 Å². The van der Waals surface area contributed by atoms with Gasteiger partial charge in [0.1, 0.15) is 29.6 Å². The SMILES string of the molecule is CC(C)(C)OC(=O)Oc1ccc(OCC(C(=O)[O-])C(F)(F)F)cc1. The Morgan fingerprint density at radius 1 is 1.08 bits per heavy atom. The minimum absolute atomic E-state index is 0.0259. The normalized spacial score (nSPS) is 13.1. The molecule has 0 aliphatic heterocycles. The highest BCUT2D eigenvalue weighted by Crippen LogP contribution is 2.27. The highest BCUT2D eigenvalue weighted by atomic mass is 19.4. The number of carbonyl (C=O) groups excluding carboxylic acids is 2. The van der Waals surface area contributed by atoms with E-state index in [2.05, 4.69) is 0 Å². The number of carbonyl (C=O) groups is 2. The van der Waals surface area contributed by atoms with Crippen LogP contribution in [0.2, 0.25) is 0 Å². The molecule has 0 bridgehead atoms. The fourth-order valence-electron chi connectivity index (χ4n) is 1.45. The Labute approximate surface area is 136 Å². The smallest absolute Gasteiger partial charge is 0.514 e. The second-order valence-electron chi connectivity index (χ2n) is 5.76. The summed E-state index contributed by atoms with van der Waals surface area (Å²) in [6, 6.07) is 4.98. The van der Waals surface area contributed by atoms with Crippen molar-refractivity contribution >= 4 is 12.1 Å². The van der Waals surface area contributed by atoms with Crippen LogP contribution in [0.4, 0.5) is 18.0 Å². The minimum Gasteiger partial charge on any atom is -0.549 e. The molecule has 1 aromatic rings. The summed E-state index contributed by atoms with van der Waals surface area (Å²) in [4.78, 5) is 21.9. The molecular formula is C15H16F3O6-. The Bertz CT molecular complexity index is 574. The van der Waals surface area contributed by atoms with E-state index in [1.54, 1.807) is 20.8 Å². The zero-order valence-corrected chi connectivity index (χ0v) is 13.2. The highest BCUT2D eigenvalue weighted by Gasteiger charge is 2.41. The molecule has 0 heterocycles. The number of hydrogen-bond donors (Lipinski definition) is 0. The van der Waals surface area contributed by atoms with E-state index in [9.17, 15) is 27.9 Å². The number of halogens is 3. The summed E-state index contributed by atoms with van der Waals surface area (Å²) in [5, 5.41) is 10.5. The van der Waals surface area contributed by atoms with Gasteiger partial charge in [0.25, 0.3) is 0 Å². The molecule has 6 nitrogen and oxygen atoms in total. The molecule has 1 rings (SSSR count). The van der Waals surface area contributed by atoms with Gasteiger partial charge in [-0.25, -0.2) is 4.79 Å². The highest BCUT2D eigenvalue weighted by molar-refractivity contribution is 5.68. The lowest BCUT2D eigenvalue weighted by Crippen LogP contribution is -2.43. The topological polar surface area (TPSA) is 84.9 Å². The van der Waals surface area contributed by atoms with Gasteiger partial charge in [0.2, 0.25) is 0 Å². The quantitative estimate of drug-likeness (QED) is 0.599. The molecule has 0 radical (unpaired) electrons. The number of rotatable bonds is 5. The van der Waals surface area contributed by atoms with E-state index in [0.717, 1.165) is 0 Å². The van der Waals surface area contributed by atoms with Gasteiger partial charge in [-0.2, -0.15) is 13.2 Å². The molecule has 0 spiro atoms. The summed E-state index contributed by atoms with van der Waals surface area (Å²) in [6.45, 7) is 3.83. The lowest BCUT2D eigenvalue weighted by molar-refractivity contribution is -0.327. The molecule has 9 heteroatoms. The Morgan fingerprint density at radius 3 is 2.00 bits per heavy atom. The fraction of sp³-hybridized carbons (Fsp3) is 0.467. The maximum absolute atomic E-state index is 12.4. The molecule has 0 saturated heterocycles. The number of ether oxygens (including phenoxy) is 3. The first-order valence-corrected chi connectivity index (χ1v) is 6.80. The summed E-state index contributed by atoms with van der Waals surface area (Å²) in [5.74, 6) is -4.95. The Balaban J connectivity index is 2.62. The van der Waals surface area contributed by atoms with E-state index in [1.807, 2.05) is 0 Å². The summed E-state index contributed by atoms with van der Waals surface area (Å²) in [7, 11) is 0. The number of hydrogen-bond acceptors (Lipinski definition) is 6. The fourth-order valence-corrected chi connectivity index (χ4v) is 1.45. The van der Waals surface area contributed by atoms with Crippen molar-refractivity contribution in [2.24, 2.45) is 5.92 Å². The van der Waals surface area contributed by atoms with E-state index < -0.39 is 36.4 Å². The first kappa shape index (κ1) is 19.6. The molecule has 0 N–H and O–H groups in total. The third-order valence-corrected chi connectivity index (χ3v) is 2.51. The van der Waals surface area contributed by atoms with Crippen molar-refractivity contribution in [3.63, 3.8) is 0 Å². The average Bonchev–Trinajstić information content (AvgIpc) is 2.36. The minimum atomic E-state index is -4.97. The lowest BCUT2D eigenvalue weighted by atomic mass is 10.1. The van der Waals surface area contributed by atoms with Crippen molar-refractivity contribution in [1.82, 2.24) is 0 Å². The Hall–Kier alpha value is -2.45. The largest absolute Gasteiger partial charge is 0.549 e. The van der Waals surface area contributed by atoms with Crippen LogP contribution < -0.4 is 14.6 Å². The van der Waals surface area contributed by atoms with Gasteiger partial charge in [-0.3, -0.25) is 0 Å². The second-order valence-corrected chi connectivity index (χ2v) is 5.76. The Morgan fingerprint density at radius 2 is 1.58 bits per heavy atom. The van der Waals surface area contributed by atoms with Gasteiger partial charge in [-0.05, 0) is 45.0 Å². The summed E-state index contributed by atoms with van der Waals surface area (Å²) in [5.41, 5.74) is -0.738. The second kappa shape index (κ2) is 7.41. The summed E-state index contributed by atoms with van der Waals surface area (Å²) >= 11 is 0. The van der Waals surface area contributed by atoms with Crippen LogP contribution in [0.5, 0.6) is 11.5 Å². The van der Waals surface area contributed by atoms with E-state index in [-0.39, 0.29) is 11.5 Å². The number of aliphatic carboxylic acids is 1. The third kappa shape index (κ3) is 6.76. The van der Waals surface area contributed by atoms with Crippen LogP contribution in [0.1, 0.15) is 20.8 Å². The zero-order chi connectivity index (χ0) is 18.5. The molecule has 1 aromatic carbocycles. The predicted molar refractivity (Wildman–Crippen MR) is 73.4 cm³/mol. The van der Waals surface area contributed by atoms with E-state index in [4.69, 9.17) is 14.2 Å². The van der Waals surface area contributed by atoms with Gasteiger partial charge >= 0.3 is 12.3 Å². The maximum atomic E-state index is 12.4. The van der Waals surface area contributed by atoms with Crippen molar-refractivity contribution in [2.75, 3.05) is 6.61 Å². The Kier molecular flexibility index (Phi) is 6.05. The van der Waals surface area contributed by atoms with Crippen LogP contribution in [0.25, 0.3) is 0 Å². The van der Waals surface area contributed by atoms with Crippen LogP contribution in [0.15, 0.2) is 24.3 Å².